The zero-order chi connectivity index (χ0) is 19.9. The molecule has 0 saturated carbocycles. The number of methoxy groups -OCH3 is 1. The fourth-order valence-corrected chi connectivity index (χ4v) is 6.71. The van der Waals surface area contributed by atoms with E-state index in [1.807, 2.05) is 7.05 Å². The first-order valence-electron chi connectivity index (χ1n) is 9.81. The minimum absolute atomic E-state index is 0.0208. The van der Waals surface area contributed by atoms with Gasteiger partial charge in [-0.2, -0.15) is 4.31 Å². The number of benzene rings is 1. The Morgan fingerprint density at radius 1 is 1.18 bits per heavy atom. The molecule has 1 unspecified atom stereocenters. The molecule has 9 heteroatoms. The van der Waals surface area contributed by atoms with Crippen molar-refractivity contribution >= 4 is 10.0 Å². The highest BCUT2D eigenvalue weighted by Crippen LogP contribution is 2.52. The van der Waals surface area contributed by atoms with E-state index in [0.29, 0.717) is 37.4 Å². The SMILES string of the molecule is COc1c2c(c(S(=O)(=O)N3CCCCC3CCO)c3c1OCO3)CCN(C)C2. The van der Waals surface area contributed by atoms with Crippen LogP contribution in [0.5, 0.6) is 17.2 Å². The van der Waals surface area contributed by atoms with Crippen LogP contribution in [0, 0.1) is 0 Å². The molecule has 0 aliphatic carbocycles. The molecule has 1 atom stereocenters. The molecule has 3 heterocycles. The van der Waals surface area contributed by atoms with Crippen LogP contribution in [0.15, 0.2) is 4.90 Å². The maximum atomic E-state index is 13.8. The lowest BCUT2D eigenvalue weighted by atomic mass is 9.97. The molecule has 0 aromatic heterocycles. The number of ether oxygens (including phenoxy) is 3. The molecule has 1 aromatic rings. The summed E-state index contributed by atoms with van der Waals surface area (Å²) in [5.41, 5.74) is 1.63. The highest BCUT2D eigenvalue weighted by atomic mass is 32.2. The summed E-state index contributed by atoms with van der Waals surface area (Å²) in [6.45, 7) is 1.77. The Bertz CT molecular complexity index is 855. The number of rotatable bonds is 5. The summed E-state index contributed by atoms with van der Waals surface area (Å²) in [5.74, 6) is 1.22. The second-order valence-electron chi connectivity index (χ2n) is 7.65. The number of likely N-dealkylation sites (N-methyl/N-ethyl adjacent to an activating group) is 1. The molecular weight excluding hydrogens is 384 g/mol. The van der Waals surface area contributed by atoms with E-state index in [0.717, 1.165) is 36.9 Å². The van der Waals surface area contributed by atoms with Crippen molar-refractivity contribution in [2.45, 2.75) is 49.6 Å². The molecule has 28 heavy (non-hydrogen) atoms. The highest BCUT2D eigenvalue weighted by molar-refractivity contribution is 7.89. The molecule has 0 spiro atoms. The zero-order valence-electron chi connectivity index (χ0n) is 16.4. The molecule has 3 aliphatic rings. The first-order valence-corrected chi connectivity index (χ1v) is 11.3. The average Bonchev–Trinajstić information content (AvgIpc) is 3.15. The summed E-state index contributed by atoms with van der Waals surface area (Å²) in [7, 11) is -0.225. The number of nitrogens with zero attached hydrogens (tertiary/aromatic N) is 2. The summed E-state index contributed by atoms with van der Waals surface area (Å²) < 4.78 is 46.1. The van der Waals surface area contributed by atoms with Gasteiger partial charge < -0.3 is 24.2 Å². The van der Waals surface area contributed by atoms with Crippen molar-refractivity contribution in [3.63, 3.8) is 0 Å². The summed E-state index contributed by atoms with van der Waals surface area (Å²) in [5, 5.41) is 9.43. The maximum Gasteiger partial charge on any atom is 0.247 e. The summed E-state index contributed by atoms with van der Waals surface area (Å²) in [6, 6.07) is -0.189. The Kier molecular flexibility index (Phi) is 5.43. The van der Waals surface area contributed by atoms with Crippen molar-refractivity contribution in [3.05, 3.63) is 11.1 Å². The van der Waals surface area contributed by atoms with Gasteiger partial charge in [-0.05, 0) is 38.3 Å². The highest BCUT2D eigenvalue weighted by Gasteiger charge is 2.42. The number of fused-ring (bicyclic) bond motifs is 2. The predicted octanol–water partition coefficient (Wildman–Crippen LogP) is 1.34. The van der Waals surface area contributed by atoms with Crippen molar-refractivity contribution in [2.75, 3.05) is 40.6 Å². The Balaban J connectivity index is 1.89. The van der Waals surface area contributed by atoms with Crippen LogP contribution in [-0.2, 0) is 23.0 Å². The van der Waals surface area contributed by atoms with Gasteiger partial charge in [0.2, 0.25) is 22.6 Å². The van der Waals surface area contributed by atoms with Crippen molar-refractivity contribution < 1.29 is 27.7 Å². The Labute approximate surface area is 166 Å². The minimum atomic E-state index is -3.80. The summed E-state index contributed by atoms with van der Waals surface area (Å²) in [4.78, 5) is 2.37. The van der Waals surface area contributed by atoms with E-state index < -0.39 is 10.0 Å². The van der Waals surface area contributed by atoms with Gasteiger partial charge in [-0.3, -0.25) is 0 Å². The number of aliphatic hydroxyl groups is 1. The van der Waals surface area contributed by atoms with Crippen LogP contribution in [0.2, 0.25) is 0 Å². The molecular formula is C19H28N2O6S. The number of sulfonamides is 1. The molecule has 8 nitrogen and oxygen atoms in total. The van der Waals surface area contributed by atoms with E-state index in [1.165, 1.54) is 0 Å². The van der Waals surface area contributed by atoms with Crippen LogP contribution in [0.25, 0.3) is 0 Å². The van der Waals surface area contributed by atoms with E-state index in [1.54, 1.807) is 11.4 Å². The average molecular weight is 413 g/mol. The topological polar surface area (TPSA) is 88.5 Å². The van der Waals surface area contributed by atoms with Crippen molar-refractivity contribution in [1.82, 2.24) is 9.21 Å². The van der Waals surface area contributed by atoms with Crippen molar-refractivity contribution in [3.8, 4) is 17.2 Å². The predicted molar refractivity (Wildman–Crippen MR) is 102 cm³/mol. The number of hydrogen-bond acceptors (Lipinski definition) is 7. The van der Waals surface area contributed by atoms with Gasteiger partial charge in [0.05, 0.1) is 7.11 Å². The van der Waals surface area contributed by atoms with Crippen LogP contribution in [0.4, 0.5) is 0 Å². The second-order valence-corrected chi connectivity index (χ2v) is 9.48. The lowest BCUT2D eigenvalue weighted by Crippen LogP contribution is -2.44. The molecule has 0 radical (unpaired) electrons. The fourth-order valence-electron chi connectivity index (χ4n) is 4.58. The molecule has 1 saturated heterocycles. The number of aliphatic hydroxyl groups excluding tert-OH is 1. The maximum absolute atomic E-state index is 13.8. The van der Waals surface area contributed by atoms with Gasteiger partial charge in [-0.15, -0.1) is 0 Å². The van der Waals surface area contributed by atoms with Crippen LogP contribution in [0.3, 0.4) is 0 Å². The van der Waals surface area contributed by atoms with E-state index in [4.69, 9.17) is 14.2 Å². The lowest BCUT2D eigenvalue weighted by molar-refractivity contribution is 0.168. The third kappa shape index (κ3) is 3.14. The van der Waals surface area contributed by atoms with Gasteiger partial charge >= 0.3 is 0 Å². The summed E-state index contributed by atoms with van der Waals surface area (Å²) in [6.07, 6.45) is 3.61. The van der Waals surface area contributed by atoms with Crippen LogP contribution >= 0.6 is 0 Å². The molecule has 4 rings (SSSR count). The molecule has 1 fully saturated rings. The first kappa shape index (κ1) is 19.8. The van der Waals surface area contributed by atoms with Crippen LogP contribution in [0.1, 0.15) is 36.8 Å². The monoisotopic (exact) mass is 412 g/mol. The zero-order valence-corrected chi connectivity index (χ0v) is 17.3. The normalized spacial score (nSPS) is 22.9. The van der Waals surface area contributed by atoms with Gasteiger partial charge in [-0.25, -0.2) is 8.42 Å². The van der Waals surface area contributed by atoms with Gasteiger partial charge in [0.1, 0.15) is 4.90 Å². The Morgan fingerprint density at radius 3 is 2.71 bits per heavy atom. The minimum Gasteiger partial charge on any atom is -0.492 e. The van der Waals surface area contributed by atoms with Crippen molar-refractivity contribution in [2.24, 2.45) is 0 Å². The summed E-state index contributed by atoms with van der Waals surface area (Å²) >= 11 is 0. The number of hydrogen-bond donors (Lipinski definition) is 1. The fraction of sp³-hybridized carbons (Fsp3) is 0.684. The van der Waals surface area contributed by atoms with E-state index in [9.17, 15) is 13.5 Å². The molecule has 1 N–H and O–H groups in total. The van der Waals surface area contributed by atoms with Gasteiger partial charge in [0.15, 0.2) is 11.5 Å². The first-order chi connectivity index (χ1) is 13.5. The van der Waals surface area contributed by atoms with E-state index in [-0.39, 0.29) is 30.1 Å². The van der Waals surface area contributed by atoms with Gasteiger partial charge in [-0.1, -0.05) is 6.42 Å². The van der Waals surface area contributed by atoms with Gasteiger partial charge in [0.25, 0.3) is 0 Å². The standard InChI is InChI=1S/C19H28N2O6S/c1-20-9-6-14-15(11-20)16(25-2)17-18(27-12-26-17)19(14)28(23,24)21-8-4-3-5-13(21)7-10-22/h13,22H,3-12H2,1-2H3. The largest absolute Gasteiger partial charge is 0.492 e. The second kappa shape index (κ2) is 7.70. The van der Waals surface area contributed by atoms with Crippen LogP contribution in [-0.4, -0.2) is 69.4 Å². The lowest BCUT2D eigenvalue weighted by Gasteiger charge is -2.36. The molecule has 1 aromatic carbocycles. The third-order valence-electron chi connectivity index (χ3n) is 5.92. The van der Waals surface area contributed by atoms with Crippen LogP contribution < -0.4 is 14.2 Å². The third-order valence-corrected chi connectivity index (χ3v) is 7.96. The quantitative estimate of drug-likeness (QED) is 0.781. The van der Waals surface area contributed by atoms with Gasteiger partial charge in [0, 0.05) is 37.8 Å². The Hall–Kier alpha value is -1.55. The van der Waals surface area contributed by atoms with Crippen molar-refractivity contribution in [1.29, 1.82) is 0 Å². The smallest absolute Gasteiger partial charge is 0.247 e. The molecule has 0 bridgehead atoms. The molecule has 156 valence electrons. The Morgan fingerprint density at radius 2 is 1.96 bits per heavy atom. The van der Waals surface area contributed by atoms with E-state index >= 15 is 0 Å². The molecule has 0 amide bonds. The van der Waals surface area contributed by atoms with E-state index in [2.05, 4.69) is 4.90 Å². The molecule has 3 aliphatic heterocycles. The number of piperidine rings is 1.